The minimum Gasteiger partial charge on any atom is -0.310 e. The lowest BCUT2D eigenvalue weighted by atomic mass is 10.1. The van der Waals surface area contributed by atoms with E-state index < -0.39 is 5.92 Å². The average molecular weight is 370 g/mol. The van der Waals surface area contributed by atoms with Gasteiger partial charge in [-0.2, -0.15) is 0 Å². The normalized spacial score (nSPS) is 17.6. The number of thiazole rings is 1. The molecule has 8 heteroatoms. The number of halogens is 2. The van der Waals surface area contributed by atoms with E-state index in [4.69, 9.17) is 23.2 Å². The number of benzene rings is 1. The standard InChI is InChI=1S/C15H13Cl2N3O2S/c1-8-6-18-15(23-8)19-14(22)9-4-13(21)20(7-9)12-3-2-10(16)5-11(12)17/h2-3,5-6,9H,4,7H2,1H3,(H,18,19,22)/t9-/m0/s1. The molecule has 3 rings (SSSR count). The van der Waals surface area contributed by atoms with Crippen molar-refractivity contribution in [1.82, 2.24) is 4.98 Å². The Balaban J connectivity index is 1.73. The summed E-state index contributed by atoms with van der Waals surface area (Å²) in [6.45, 7) is 2.20. The van der Waals surface area contributed by atoms with Crippen LogP contribution in [0.25, 0.3) is 0 Å². The number of hydrogen-bond acceptors (Lipinski definition) is 4. The lowest BCUT2D eigenvalue weighted by Crippen LogP contribution is -2.28. The first-order valence-corrected chi connectivity index (χ1v) is 8.50. The maximum absolute atomic E-state index is 12.3. The third-order valence-corrected chi connectivity index (χ3v) is 4.91. The second-order valence-electron chi connectivity index (χ2n) is 5.27. The van der Waals surface area contributed by atoms with Crippen molar-refractivity contribution in [2.24, 2.45) is 5.92 Å². The van der Waals surface area contributed by atoms with Gasteiger partial charge in [0.15, 0.2) is 5.13 Å². The van der Waals surface area contributed by atoms with E-state index in [9.17, 15) is 9.59 Å². The second kappa shape index (κ2) is 6.47. The molecular weight excluding hydrogens is 357 g/mol. The summed E-state index contributed by atoms with van der Waals surface area (Å²) < 4.78 is 0. The molecule has 1 aliphatic heterocycles. The van der Waals surface area contributed by atoms with Gasteiger partial charge in [0.2, 0.25) is 11.8 Å². The number of hydrogen-bond donors (Lipinski definition) is 1. The minimum absolute atomic E-state index is 0.135. The van der Waals surface area contributed by atoms with Crippen LogP contribution in [-0.2, 0) is 9.59 Å². The van der Waals surface area contributed by atoms with Crippen LogP contribution in [0.1, 0.15) is 11.3 Å². The summed E-state index contributed by atoms with van der Waals surface area (Å²) in [6.07, 6.45) is 1.84. The molecule has 2 heterocycles. The highest BCUT2D eigenvalue weighted by Crippen LogP contribution is 2.33. The molecule has 1 atom stereocenters. The van der Waals surface area contributed by atoms with Gasteiger partial charge in [-0.3, -0.25) is 9.59 Å². The molecule has 0 saturated carbocycles. The van der Waals surface area contributed by atoms with E-state index >= 15 is 0 Å². The number of carbonyl (C=O) groups excluding carboxylic acids is 2. The molecular formula is C15H13Cl2N3O2S. The Kier molecular flexibility index (Phi) is 4.57. The van der Waals surface area contributed by atoms with Crippen molar-refractivity contribution >= 4 is 57.2 Å². The van der Waals surface area contributed by atoms with Crippen LogP contribution in [0.5, 0.6) is 0 Å². The van der Waals surface area contributed by atoms with E-state index in [0.717, 1.165) is 4.88 Å². The zero-order valence-corrected chi connectivity index (χ0v) is 14.5. The van der Waals surface area contributed by atoms with Crippen LogP contribution in [0.2, 0.25) is 10.0 Å². The third kappa shape index (κ3) is 3.49. The summed E-state index contributed by atoms with van der Waals surface area (Å²) in [5.41, 5.74) is 0.571. The molecule has 1 N–H and O–H groups in total. The fourth-order valence-corrected chi connectivity index (χ4v) is 3.61. The van der Waals surface area contributed by atoms with E-state index in [2.05, 4.69) is 10.3 Å². The Morgan fingerprint density at radius 2 is 2.22 bits per heavy atom. The Morgan fingerprint density at radius 1 is 1.43 bits per heavy atom. The van der Waals surface area contributed by atoms with E-state index in [1.54, 1.807) is 24.4 Å². The average Bonchev–Trinajstić information content (AvgIpc) is 3.05. The Morgan fingerprint density at radius 3 is 2.87 bits per heavy atom. The Labute approximate surface area is 147 Å². The molecule has 120 valence electrons. The first-order valence-electron chi connectivity index (χ1n) is 6.93. The zero-order chi connectivity index (χ0) is 16.6. The van der Waals surface area contributed by atoms with Crippen LogP contribution in [-0.4, -0.2) is 23.3 Å². The summed E-state index contributed by atoms with van der Waals surface area (Å²) in [6, 6.07) is 4.94. The smallest absolute Gasteiger partial charge is 0.231 e. The molecule has 2 aromatic rings. The highest BCUT2D eigenvalue weighted by Gasteiger charge is 2.36. The molecule has 0 bridgehead atoms. The van der Waals surface area contributed by atoms with Gasteiger partial charge in [-0.25, -0.2) is 4.98 Å². The quantitative estimate of drug-likeness (QED) is 0.895. The third-order valence-electron chi connectivity index (χ3n) is 3.55. The number of aromatic nitrogens is 1. The number of nitrogens with zero attached hydrogens (tertiary/aromatic N) is 2. The molecule has 5 nitrogen and oxygen atoms in total. The second-order valence-corrected chi connectivity index (χ2v) is 7.34. The van der Waals surface area contributed by atoms with Crippen molar-refractivity contribution in [2.45, 2.75) is 13.3 Å². The maximum atomic E-state index is 12.3. The van der Waals surface area contributed by atoms with Crippen LogP contribution in [0.3, 0.4) is 0 Å². The summed E-state index contributed by atoms with van der Waals surface area (Å²) in [4.78, 5) is 31.2. The molecule has 1 fully saturated rings. The Bertz CT molecular complexity index is 778. The predicted molar refractivity (Wildman–Crippen MR) is 92.4 cm³/mol. The highest BCUT2D eigenvalue weighted by molar-refractivity contribution is 7.15. The van der Waals surface area contributed by atoms with Gasteiger partial charge in [-0.05, 0) is 25.1 Å². The predicted octanol–water partition coefficient (Wildman–Crippen LogP) is 3.75. The van der Waals surface area contributed by atoms with Crippen molar-refractivity contribution in [3.63, 3.8) is 0 Å². The van der Waals surface area contributed by atoms with Crippen LogP contribution in [0.4, 0.5) is 10.8 Å². The van der Waals surface area contributed by atoms with Crippen LogP contribution in [0, 0.1) is 12.8 Å². The number of amides is 2. The molecule has 0 aliphatic carbocycles. The van der Waals surface area contributed by atoms with Crippen molar-refractivity contribution in [3.8, 4) is 0 Å². The fraction of sp³-hybridized carbons (Fsp3) is 0.267. The number of aryl methyl sites for hydroxylation is 1. The van der Waals surface area contributed by atoms with E-state index in [-0.39, 0.29) is 24.8 Å². The van der Waals surface area contributed by atoms with Gasteiger partial charge in [-0.1, -0.05) is 23.2 Å². The highest BCUT2D eigenvalue weighted by atomic mass is 35.5. The SMILES string of the molecule is Cc1cnc(NC(=O)[C@H]2CC(=O)N(c3ccc(Cl)cc3Cl)C2)s1. The Hall–Kier alpha value is -1.63. The molecule has 0 spiro atoms. The van der Waals surface area contributed by atoms with Gasteiger partial charge in [0.1, 0.15) is 0 Å². The first-order chi connectivity index (χ1) is 10.9. The van der Waals surface area contributed by atoms with Crippen molar-refractivity contribution in [1.29, 1.82) is 0 Å². The number of anilines is 2. The van der Waals surface area contributed by atoms with Crippen LogP contribution in [0.15, 0.2) is 24.4 Å². The zero-order valence-electron chi connectivity index (χ0n) is 12.2. The lowest BCUT2D eigenvalue weighted by molar-refractivity contribution is -0.122. The molecule has 1 aliphatic rings. The maximum Gasteiger partial charge on any atom is 0.231 e. The summed E-state index contributed by atoms with van der Waals surface area (Å²) in [5.74, 6) is -0.775. The van der Waals surface area contributed by atoms with Gasteiger partial charge in [0.25, 0.3) is 0 Å². The molecule has 0 unspecified atom stereocenters. The van der Waals surface area contributed by atoms with Gasteiger partial charge in [-0.15, -0.1) is 11.3 Å². The molecule has 0 radical (unpaired) electrons. The number of carbonyl (C=O) groups is 2. The summed E-state index contributed by atoms with van der Waals surface area (Å²) in [7, 11) is 0. The molecule has 1 aromatic heterocycles. The lowest BCUT2D eigenvalue weighted by Gasteiger charge is -2.18. The minimum atomic E-state index is -0.432. The van der Waals surface area contributed by atoms with Gasteiger partial charge in [0.05, 0.1) is 16.6 Å². The van der Waals surface area contributed by atoms with Crippen LogP contribution < -0.4 is 10.2 Å². The van der Waals surface area contributed by atoms with E-state index in [0.29, 0.717) is 20.9 Å². The van der Waals surface area contributed by atoms with E-state index in [1.165, 1.54) is 16.2 Å². The van der Waals surface area contributed by atoms with Crippen molar-refractivity contribution < 1.29 is 9.59 Å². The van der Waals surface area contributed by atoms with Crippen molar-refractivity contribution in [3.05, 3.63) is 39.3 Å². The molecule has 1 aromatic carbocycles. The molecule has 1 saturated heterocycles. The van der Waals surface area contributed by atoms with Gasteiger partial charge >= 0.3 is 0 Å². The van der Waals surface area contributed by atoms with Gasteiger partial charge in [0, 0.05) is 29.1 Å². The first kappa shape index (κ1) is 16.2. The largest absolute Gasteiger partial charge is 0.310 e. The van der Waals surface area contributed by atoms with Gasteiger partial charge < -0.3 is 10.2 Å². The van der Waals surface area contributed by atoms with Crippen molar-refractivity contribution in [2.75, 3.05) is 16.8 Å². The van der Waals surface area contributed by atoms with E-state index in [1.807, 2.05) is 6.92 Å². The number of rotatable bonds is 3. The van der Waals surface area contributed by atoms with Crippen LogP contribution >= 0.6 is 34.5 Å². The molecule has 23 heavy (non-hydrogen) atoms. The topological polar surface area (TPSA) is 62.3 Å². The fourth-order valence-electron chi connectivity index (χ4n) is 2.44. The molecule has 2 amide bonds. The number of nitrogens with one attached hydrogen (secondary N) is 1. The summed E-state index contributed by atoms with van der Waals surface area (Å²) in [5, 5.41) is 4.19. The summed E-state index contributed by atoms with van der Waals surface area (Å²) >= 11 is 13.4. The monoisotopic (exact) mass is 369 g/mol.